The highest BCUT2D eigenvalue weighted by Crippen LogP contribution is 2.40. The van der Waals surface area contributed by atoms with Crippen molar-refractivity contribution in [3.63, 3.8) is 0 Å². The molecule has 1 aromatic heterocycles. The van der Waals surface area contributed by atoms with E-state index in [0.717, 1.165) is 23.3 Å². The lowest BCUT2D eigenvalue weighted by Crippen LogP contribution is -2.34. The van der Waals surface area contributed by atoms with Crippen molar-refractivity contribution in [3.8, 4) is 5.69 Å². The highest BCUT2D eigenvalue weighted by atomic mass is 19.4. The zero-order valence-electron chi connectivity index (χ0n) is 24.2. The zero-order valence-corrected chi connectivity index (χ0v) is 24.2. The molecule has 0 radical (unpaired) electrons. The van der Waals surface area contributed by atoms with Crippen molar-refractivity contribution in [1.29, 1.82) is 0 Å². The summed E-state index contributed by atoms with van der Waals surface area (Å²) in [6.45, 7) is 9.66. The van der Waals surface area contributed by atoms with Gasteiger partial charge in [-0.25, -0.2) is 18.3 Å². The Bertz CT molecular complexity index is 1560. The predicted octanol–water partition coefficient (Wildman–Crippen LogP) is 7.48. The number of urea groups is 1. The van der Waals surface area contributed by atoms with Gasteiger partial charge in [-0.1, -0.05) is 56.8 Å². The van der Waals surface area contributed by atoms with Gasteiger partial charge in [0.2, 0.25) is 0 Å². The summed E-state index contributed by atoms with van der Waals surface area (Å²) in [5.74, 6) is -1.04. The molecule has 228 valence electrons. The van der Waals surface area contributed by atoms with Crippen LogP contribution in [0.2, 0.25) is 0 Å². The van der Waals surface area contributed by atoms with Gasteiger partial charge in [-0.05, 0) is 48.6 Å². The molecule has 2 aromatic carbocycles. The van der Waals surface area contributed by atoms with Crippen LogP contribution in [0.3, 0.4) is 0 Å². The monoisotopic (exact) mass is 599 g/mol. The summed E-state index contributed by atoms with van der Waals surface area (Å²) >= 11 is 0. The minimum Gasteiger partial charge on any atom is -0.351 e. The Morgan fingerprint density at radius 3 is 2.37 bits per heavy atom. The van der Waals surface area contributed by atoms with E-state index in [0.29, 0.717) is 42.8 Å². The molecule has 3 N–H and O–H groups in total. The number of hydrogen-bond acceptors (Lipinski definition) is 3. The van der Waals surface area contributed by atoms with E-state index >= 15 is 4.39 Å². The predicted molar refractivity (Wildman–Crippen MR) is 156 cm³/mol. The lowest BCUT2D eigenvalue weighted by Gasteiger charge is -2.34. The van der Waals surface area contributed by atoms with Gasteiger partial charge in [0.05, 0.1) is 34.5 Å². The topological polar surface area (TPSA) is 76.2 Å². The van der Waals surface area contributed by atoms with E-state index in [2.05, 4.69) is 11.9 Å². The highest BCUT2D eigenvalue weighted by molar-refractivity contribution is 5.80. The number of primary amides is 1. The van der Waals surface area contributed by atoms with Gasteiger partial charge in [-0.2, -0.15) is 18.3 Å². The van der Waals surface area contributed by atoms with E-state index in [4.69, 9.17) is 10.8 Å². The van der Waals surface area contributed by atoms with E-state index < -0.39 is 35.2 Å². The molecule has 4 rings (SSSR count). The summed E-state index contributed by atoms with van der Waals surface area (Å²) in [4.78, 5) is 13.1. The number of nitrogens with zero attached hydrogens (tertiary/aromatic N) is 3. The number of nitrogens with one attached hydrogen (secondary N) is 1. The van der Waals surface area contributed by atoms with Crippen LogP contribution in [0.25, 0.3) is 11.3 Å². The highest BCUT2D eigenvalue weighted by Gasteiger charge is 2.37. The van der Waals surface area contributed by atoms with Crippen molar-refractivity contribution >= 4 is 11.6 Å². The van der Waals surface area contributed by atoms with Gasteiger partial charge in [-0.3, -0.25) is 4.90 Å². The van der Waals surface area contributed by atoms with Gasteiger partial charge in [0.15, 0.2) is 0 Å². The lowest BCUT2D eigenvalue weighted by molar-refractivity contribution is -0.138. The van der Waals surface area contributed by atoms with Crippen LogP contribution in [0.4, 0.5) is 26.7 Å². The molecule has 0 saturated carbocycles. The number of fused-ring (bicyclic) bond motifs is 1. The largest absolute Gasteiger partial charge is 0.416 e. The minimum absolute atomic E-state index is 0.0961. The molecule has 0 aliphatic carbocycles. The number of amides is 2. The number of nitrogens with two attached hydrogens (primary N) is 1. The fraction of sp³-hybridized carbons (Fsp3) is 0.312. The Kier molecular flexibility index (Phi) is 9.54. The third-order valence-corrected chi connectivity index (χ3v) is 7.71. The number of carbonyl (C=O) groups is 1. The van der Waals surface area contributed by atoms with Gasteiger partial charge < -0.3 is 11.1 Å². The number of carbonyl (C=O) groups excluding carboxylic acids is 1. The van der Waals surface area contributed by atoms with Crippen LogP contribution in [0, 0.1) is 0 Å². The molecule has 1 atom stereocenters. The van der Waals surface area contributed by atoms with E-state index in [-0.39, 0.29) is 29.8 Å². The molecule has 43 heavy (non-hydrogen) atoms. The summed E-state index contributed by atoms with van der Waals surface area (Å²) in [7, 11) is 0. The van der Waals surface area contributed by atoms with Crippen molar-refractivity contribution in [2.24, 2.45) is 5.73 Å². The molecule has 0 saturated heterocycles. The number of para-hydroxylation sites is 1. The first-order valence-electron chi connectivity index (χ1n) is 14.0. The first-order valence-corrected chi connectivity index (χ1v) is 14.0. The summed E-state index contributed by atoms with van der Waals surface area (Å²) in [5.41, 5.74) is 7.60. The number of halogens is 5. The third-order valence-electron chi connectivity index (χ3n) is 7.71. The van der Waals surface area contributed by atoms with E-state index in [9.17, 15) is 22.4 Å². The van der Waals surface area contributed by atoms with E-state index in [1.165, 1.54) is 12.1 Å². The Morgan fingerprint density at radius 1 is 1.14 bits per heavy atom. The van der Waals surface area contributed by atoms with Crippen LogP contribution >= 0.6 is 0 Å². The number of alkyl halides is 3. The second-order valence-electron chi connectivity index (χ2n) is 10.3. The Morgan fingerprint density at radius 2 is 1.79 bits per heavy atom. The maximum atomic E-state index is 15.8. The first kappa shape index (κ1) is 31.7. The molecule has 3 aromatic rings. The number of aromatic nitrogens is 2. The summed E-state index contributed by atoms with van der Waals surface area (Å²) < 4.78 is 73.7. The average molecular weight is 600 g/mol. The number of aryl methyl sites for hydroxylation is 2. The van der Waals surface area contributed by atoms with Gasteiger partial charge in [-0.15, -0.1) is 0 Å². The van der Waals surface area contributed by atoms with Crippen molar-refractivity contribution in [2.75, 3.05) is 6.54 Å². The fourth-order valence-electron chi connectivity index (χ4n) is 5.61. The molecule has 1 aliphatic heterocycles. The number of allylic oxidation sites excluding steroid dienone is 3. The smallest absolute Gasteiger partial charge is 0.351 e. The normalized spacial score (nSPS) is 15.3. The number of benzene rings is 2. The molecule has 1 unspecified atom stereocenters. The van der Waals surface area contributed by atoms with Crippen LogP contribution in [0.1, 0.15) is 66.0 Å². The van der Waals surface area contributed by atoms with Gasteiger partial charge >= 0.3 is 12.2 Å². The van der Waals surface area contributed by atoms with Crippen LogP contribution in [-0.2, 0) is 32.0 Å². The van der Waals surface area contributed by atoms with E-state index in [1.54, 1.807) is 17.7 Å². The zero-order chi connectivity index (χ0) is 31.5. The SMILES string of the molecule is C=C(/C=C(F)\C(=C/F)c1c2c(nn1-c1c(CC)cccc1CC)CCN(C(C)c1ccccc1C(F)(F)F)C2)NC(N)=O. The summed E-state index contributed by atoms with van der Waals surface area (Å²) in [6, 6.07) is 9.55. The van der Waals surface area contributed by atoms with E-state index in [1.807, 2.05) is 36.9 Å². The number of hydrogen-bond donors (Lipinski definition) is 2. The van der Waals surface area contributed by atoms with Crippen molar-refractivity contribution in [3.05, 3.63) is 112 Å². The molecule has 11 heteroatoms. The van der Waals surface area contributed by atoms with Crippen LogP contribution in [-0.4, -0.2) is 27.3 Å². The van der Waals surface area contributed by atoms with Gasteiger partial charge in [0, 0.05) is 36.8 Å². The minimum atomic E-state index is -4.54. The summed E-state index contributed by atoms with van der Waals surface area (Å²) in [5, 5.41) is 6.99. The molecular formula is C32H34F5N5O. The van der Waals surface area contributed by atoms with Crippen LogP contribution in [0.5, 0.6) is 0 Å². The van der Waals surface area contributed by atoms with Crippen molar-refractivity contribution in [2.45, 2.75) is 58.8 Å². The lowest BCUT2D eigenvalue weighted by atomic mass is 9.95. The average Bonchev–Trinajstić information content (AvgIpc) is 3.33. The molecule has 2 heterocycles. The van der Waals surface area contributed by atoms with Crippen LogP contribution < -0.4 is 11.1 Å². The van der Waals surface area contributed by atoms with Crippen molar-refractivity contribution in [1.82, 2.24) is 20.0 Å². The fourth-order valence-corrected chi connectivity index (χ4v) is 5.61. The second kappa shape index (κ2) is 12.9. The van der Waals surface area contributed by atoms with Gasteiger partial charge in [0.25, 0.3) is 0 Å². The summed E-state index contributed by atoms with van der Waals surface area (Å²) in [6.07, 6.45) is -1.96. The van der Waals surface area contributed by atoms with Gasteiger partial charge in [0.1, 0.15) is 5.83 Å². The Labute approximate surface area is 247 Å². The molecule has 0 fully saturated rings. The second-order valence-corrected chi connectivity index (χ2v) is 10.3. The molecule has 0 spiro atoms. The quantitative estimate of drug-likeness (QED) is 0.198. The molecule has 0 bridgehead atoms. The number of rotatable bonds is 9. The first-order chi connectivity index (χ1) is 20.4. The standard InChI is InChI=1S/C32H34F5N5O/c1-5-21-10-9-11-22(6-2)29(21)42-30(24(17-33)27(34)16-19(3)39-31(38)43)25-18-41(15-14-28(25)40-42)20(4)23-12-7-8-13-26(23)32(35,36)37/h7-13,16-17,20H,3,5-6,14-15,18H2,1-2,4H3,(H3,38,39,43)/b24-17+,27-16+. The third kappa shape index (κ3) is 6.56. The maximum absolute atomic E-state index is 15.8. The molecule has 6 nitrogen and oxygen atoms in total. The van der Waals surface area contributed by atoms with Crippen molar-refractivity contribution < 1.29 is 26.7 Å². The Balaban J connectivity index is 1.90. The molecule has 2 amide bonds. The Hall–Kier alpha value is -4.25. The maximum Gasteiger partial charge on any atom is 0.416 e. The molecular weight excluding hydrogens is 565 g/mol. The molecule has 1 aliphatic rings. The van der Waals surface area contributed by atoms with Crippen LogP contribution in [0.15, 0.2) is 73.0 Å².